The van der Waals surface area contributed by atoms with Crippen molar-refractivity contribution in [1.29, 1.82) is 0 Å². The number of methoxy groups -OCH3 is 1. The summed E-state index contributed by atoms with van der Waals surface area (Å²) in [7, 11) is -2.38. The predicted molar refractivity (Wildman–Crippen MR) is 102 cm³/mol. The topological polar surface area (TPSA) is 75.7 Å². The largest absolute Gasteiger partial charge is 0.495 e. The molecule has 1 atom stereocenters. The summed E-state index contributed by atoms with van der Waals surface area (Å²) in [5, 5.41) is 3.25. The molecule has 0 aromatic heterocycles. The fraction of sp³-hybridized carbons (Fsp3) is 0.611. The van der Waals surface area contributed by atoms with Crippen LogP contribution in [-0.4, -0.2) is 45.4 Å². The van der Waals surface area contributed by atoms with Gasteiger partial charge in [0.1, 0.15) is 10.6 Å². The van der Waals surface area contributed by atoms with Crippen LogP contribution >= 0.6 is 11.6 Å². The van der Waals surface area contributed by atoms with E-state index in [-0.39, 0.29) is 34.4 Å². The van der Waals surface area contributed by atoms with Gasteiger partial charge in [-0.25, -0.2) is 8.42 Å². The molecule has 6 nitrogen and oxygen atoms in total. The quantitative estimate of drug-likeness (QED) is 0.821. The summed E-state index contributed by atoms with van der Waals surface area (Å²) in [5.41, 5.74) is -0.0236. The van der Waals surface area contributed by atoms with Gasteiger partial charge in [0.05, 0.1) is 13.0 Å². The summed E-state index contributed by atoms with van der Waals surface area (Å²) in [6.45, 7) is 7.20. The van der Waals surface area contributed by atoms with Crippen molar-refractivity contribution < 1.29 is 17.9 Å². The summed E-state index contributed by atoms with van der Waals surface area (Å²) in [4.78, 5) is 12.5. The first-order valence-corrected chi connectivity index (χ1v) is 10.5. The summed E-state index contributed by atoms with van der Waals surface area (Å²) in [6, 6.07) is 4.50. The zero-order valence-electron chi connectivity index (χ0n) is 15.7. The summed E-state index contributed by atoms with van der Waals surface area (Å²) < 4.78 is 32.7. The molecule has 146 valence electrons. The number of nitrogens with zero attached hydrogens (tertiary/aromatic N) is 1. The first kappa shape index (κ1) is 21.0. The highest BCUT2D eigenvalue weighted by Crippen LogP contribution is 2.32. The Morgan fingerprint density at radius 2 is 2.08 bits per heavy atom. The van der Waals surface area contributed by atoms with Crippen molar-refractivity contribution in [3.63, 3.8) is 0 Å². The lowest BCUT2D eigenvalue weighted by Gasteiger charge is -2.32. The third kappa shape index (κ3) is 5.11. The van der Waals surface area contributed by atoms with Crippen LogP contribution in [-0.2, 0) is 14.8 Å². The van der Waals surface area contributed by atoms with Crippen molar-refractivity contribution in [3.05, 3.63) is 23.2 Å². The average Bonchev–Trinajstić information content (AvgIpc) is 2.59. The van der Waals surface area contributed by atoms with Gasteiger partial charge in [-0.05, 0) is 36.5 Å². The molecule has 1 saturated heterocycles. The van der Waals surface area contributed by atoms with Gasteiger partial charge in [-0.1, -0.05) is 32.4 Å². The van der Waals surface area contributed by atoms with Crippen LogP contribution in [0.1, 0.15) is 33.6 Å². The lowest BCUT2D eigenvalue weighted by molar-refractivity contribution is -0.126. The Kier molecular flexibility index (Phi) is 6.58. The van der Waals surface area contributed by atoms with Gasteiger partial charge >= 0.3 is 0 Å². The molecule has 0 spiro atoms. The monoisotopic (exact) mass is 402 g/mol. The number of halogens is 1. The molecule has 1 aliphatic heterocycles. The number of amides is 1. The van der Waals surface area contributed by atoms with Crippen LogP contribution in [0.5, 0.6) is 5.75 Å². The third-order valence-electron chi connectivity index (χ3n) is 4.29. The molecule has 1 heterocycles. The Morgan fingerprint density at radius 1 is 1.38 bits per heavy atom. The number of hydrogen-bond acceptors (Lipinski definition) is 4. The molecule has 0 radical (unpaired) electrons. The van der Waals surface area contributed by atoms with Gasteiger partial charge in [0.25, 0.3) is 0 Å². The van der Waals surface area contributed by atoms with E-state index in [0.717, 1.165) is 0 Å². The number of nitrogens with one attached hydrogen (secondary N) is 1. The number of piperidine rings is 1. The second-order valence-electron chi connectivity index (χ2n) is 7.78. The maximum absolute atomic E-state index is 13.1. The van der Waals surface area contributed by atoms with Crippen LogP contribution in [0.3, 0.4) is 0 Å². The fourth-order valence-electron chi connectivity index (χ4n) is 2.86. The molecule has 8 heteroatoms. The highest BCUT2D eigenvalue weighted by molar-refractivity contribution is 7.89. The Labute approximate surface area is 160 Å². The van der Waals surface area contributed by atoms with E-state index in [2.05, 4.69) is 5.32 Å². The molecule has 1 aromatic carbocycles. The summed E-state index contributed by atoms with van der Waals surface area (Å²) in [5.74, 6) is -0.211. The van der Waals surface area contributed by atoms with Crippen molar-refractivity contribution in [3.8, 4) is 5.75 Å². The van der Waals surface area contributed by atoms with Crippen LogP contribution in [0.4, 0.5) is 0 Å². The smallest absolute Gasteiger partial charge is 0.246 e. The predicted octanol–water partition coefficient (Wildman–Crippen LogP) is 2.91. The molecule has 1 N–H and O–H groups in total. The zero-order chi connectivity index (χ0) is 19.5. The first-order valence-electron chi connectivity index (χ1n) is 8.66. The SMILES string of the molecule is COc1ccc(Cl)cc1S(=O)(=O)N1CCC[C@H](C(=O)NCC(C)(C)C)C1. The number of carbonyl (C=O) groups excluding carboxylic acids is 1. The van der Waals surface area contributed by atoms with E-state index in [9.17, 15) is 13.2 Å². The lowest BCUT2D eigenvalue weighted by atomic mass is 9.95. The van der Waals surface area contributed by atoms with Crippen LogP contribution in [0.15, 0.2) is 23.1 Å². The first-order chi connectivity index (χ1) is 12.0. The van der Waals surface area contributed by atoms with Gasteiger partial charge in [0.15, 0.2) is 0 Å². The molecule has 1 aliphatic rings. The van der Waals surface area contributed by atoms with Crippen molar-refractivity contribution >= 4 is 27.5 Å². The molecular formula is C18H27ClN2O4S. The number of benzene rings is 1. The van der Waals surface area contributed by atoms with E-state index in [1.807, 2.05) is 20.8 Å². The van der Waals surface area contributed by atoms with Crippen LogP contribution in [0.2, 0.25) is 5.02 Å². The minimum absolute atomic E-state index is 0.0236. The maximum atomic E-state index is 13.1. The van der Waals surface area contributed by atoms with E-state index >= 15 is 0 Å². The molecule has 0 unspecified atom stereocenters. The van der Waals surface area contributed by atoms with Gasteiger partial charge < -0.3 is 10.1 Å². The van der Waals surface area contributed by atoms with Crippen LogP contribution in [0.25, 0.3) is 0 Å². The minimum atomic E-state index is -3.79. The van der Waals surface area contributed by atoms with Crippen molar-refractivity contribution in [2.24, 2.45) is 11.3 Å². The molecule has 2 rings (SSSR count). The zero-order valence-corrected chi connectivity index (χ0v) is 17.3. The van der Waals surface area contributed by atoms with Crippen LogP contribution < -0.4 is 10.1 Å². The Hall–Kier alpha value is -1.31. The Balaban J connectivity index is 2.18. The van der Waals surface area contributed by atoms with Crippen LogP contribution in [0, 0.1) is 11.3 Å². The summed E-state index contributed by atoms with van der Waals surface area (Å²) in [6.07, 6.45) is 1.31. The number of rotatable bonds is 5. The number of hydrogen-bond donors (Lipinski definition) is 1. The number of carbonyl (C=O) groups is 1. The van der Waals surface area contributed by atoms with E-state index in [4.69, 9.17) is 16.3 Å². The van der Waals surface area contributed by atoms with Crippen molar-refractivity contribution in [2.45, 2.75) is 38.5 Å². The average molecular weight is 403 g/mol. The highest BCUT2D eigenvalue weighted by atomic mass is 35.5. The third-order valence-corrected chi connectivity index (χ3v) is 6.41. The van der Waals surface area contributed by atoms with Gasteiger partial charge in [-0.3, -0.25) is 4.79 Å². The molecule has 1 fully saturated rings. The fourth-order valence-corrected chi connectivity index (χ4v) is 4.80. The molecular weight excluding hydrogens is 376 g/mol. The second-order valence-corrected chi connectivity index (χ2v) is 10.1. The lowest BCUT2D eigenvalue weighted by Crippen LogP contribution is -2.46. The Bertz CT molecular complexity index is 759. The van der Waals surface area contributed by atoms with Gasteiger partial charge in [-0.2, -0.15) is 4.31 Å². The molecule has 1 amide bonds. The van der Waals surface area contributed by atoms with Crippen molar-refractivity contribution in [2.75, 3.05) is 26.7 Å². The standard InChI is InChI=1S/C18H27ClN2O4S/c1-18(2,3)12-20-17(22)13-6-5-9-21(11-13)26(23,24)16-10-14(19)7-8-15(16)25-4/h7-8,10,13H,5-6,9,11-12H2,1-4H3,(H,20,22)/t13-/m0/s1. The number of sulfonamides is 1. The highest BCUT2D eigenvalue weighted by Gasteiger charge is 2.35. The van der Waals surface area contributed by atoms with E-state index in [1.165, 1.54) is 23.5 Å². The summed E-state index contributed by atoms with van der Waals surface area (Å²) >= 11 is 5.98. The van der Waals surface area contributed by atoms with E-state index < -0.39 is 10.0 Å². The van der Waals surface area contributed by atoms with E-state index in [0.29, 0.717) is 31.0 Å². The van der Waals surface area contributed by atoms with Gasteiger partial charge in [0.2, 0.25) is 15.9 Å². The minimum Gasteiger partial charge on any atom is -0.495 e. The number of ether oxygens (including phenoxy) is 1. The maximum Gasteiger partial charge on any atom is 0.246 e. The molecule has 1 aromatic rings. The van der Waals surface area contributed by atoms with E-state index in [1.54, 1.807) is 6.07 Å². The van der Waals surface area contributed by atoms with Gasteiger partial charge in [0, 0.05) is 24.7 Å². The molecule has 0 aliphatic carbocycles. The normalized spacial score (nSPS) is 19.2. The Morgan fingerprint density at radius 3 is 2.69 bits per heavy atom. The molecule has 0 saturated carbocycles. The van der Waals surface area contributed by atoms with Gasteiger partial charge in [-0.15, -0.1) is 0 Å². The van der Waals surface area contributed by atoms with Crippen molar-refractivity contribution in [1.82, 2.24) is 9.62 Å². The molecule has 0 bridgehead atoms. The second kappa shape index (κ2) is 8.15. The molecule has 26 heavy (non-hydrogen) atoms.